The number of para-hydroxylation sites is 2. The first-order valence-electron chi connectivity index (χ1n) is 26.9. The second-order valence-electron chi connectivity index (χ2n) is 20.3. The summed E-state index contributed by atoms with van der Waals surface area (Å²) < 4.78 is 2.39. The first-order chi connectivity index (χ1) is 38.2. The molecule has 0 N–H and O–H groups in total. The molecule has 1 heterocycles. The number of hydrogen-bond donors (Lipinski definition) is 0. The van der Waals surface area contributed by atoms with Crippen molar-refractivity contribution in [3.8, 4) is 72.4 Å². The Morgan fingerprint density at radius 1 is 0.286 bits per heavy atom. The minimum Gasteiger partial charge on any atom is -0.310 e. The van der Waals surface area contributed by atoms with Crippen LogP contribution in [-0.4, -0.2) is 4.57 Å². The molecule has 0 saturated carbocycles. The van der Waals surface area contributed by atoms with Crippen molar-refractivity contribution in [2.75, 3.05) is 4.90 Å². The standard InChI is InChI=1S/C75H54N2/c1-6-20-52(21-7-1)34-43-67-65-30-16-17-31-66(65)72-48-57(37-44-68(67)72)63-45-41-61(50-70(63)55-24-10-3-11-25-55)76(60-39-35-54(36-40-60)53-22-8-2-9-23-53)62-42-46-64(71(51-62)56-26-12-4-13-27-56)58-38-47-75-73(49-58)69-32-18-19-33-74(69)77(75)59-28-14-5-15-29-59/h1-33,35-42,44-51,67H,34,43H2. The SMILES string of the molecule is c1ccc(CCC2c3ccccc3-c3cc(-c4ccc(N(c5ccc(-c6ccccc6)cc5)c5ccc(-c6ccc7c(c6)c6ccccc6n7-c6ccccc6)c(-c6ccccc6)c5)cc4-c4ccccc4)ccc32)cc1. The highest BCUT2D eigenvalue weighted by atomic mass is 15.1. The Labute approximate surface area is 451 Å². The van der Waals surface area contributed by atoms with Gasteiger partial charge in [0, 0.05) is 39.4 Å². The summed E-state index contributed by atoms with van der Waals surface area (Å²) in [5.74, 6) is 0.352. The maximum atomic E-state index is 2.46. The van der Waals surface area contributed by atoms with Gasteiger partial charge in [-0.15, -0.1) is 0 Å². The first kappa shape index (κ1) is 45.8. The highest BCUT2D eigenvalue weighted by Crippen LogP contribution is 2.50. The third kappa shape index (κ3) is 8.51. The third-order valence-corrected chi connectivity index (χ3v) is 15.9. The number of hydrogen-bond acceptors (Lipinski definition) is 1. The molecule has 0 radical (unpaired) electrons. The number of rotatable bonds is 12. The van der Waals surface area contributed by atoms with E-state index in [9.17, 15) is 0 Å². The molecule has 13 aromatic rings. The van der Waals surface area contributed by atoms with E-state index in [0.29, 0.717) is 5.92 Å². The van der Waals surface area contributed by atoms with Crippen LogP contribution in [-0.2, 0) is 6.42 Å². The number of fused-ring (bicyclic) bond motifs is 6. The smallest absolute Gasteiger partial charge is 0.0541 e. The molecule has 1 aliphatic carbocycles. The molecule has 0 bridgehead atoms. The summed E-state index contributed by atoms with van der Waals surface area (Å²) in [6, 6.07) is 109. The van der Waals surface area contributed by atoms with Gasteiger partial charge in [0.15, 0.2) is 0 Å². The van der Waals surface area contributed by atoms with E-state index in [1.165, 1.54) is 99.7 Å². The van der Waals surface area contributed by atoms with Gasteiger partial charge in [0.25, 0.3) is 0 Å². The summed E-state index contributed by atoms with van der Waals surface area (Å²) in [4.78, 5) is 2.44. The summed E-state index contributed by atoms with van der Waals surface area (Å²) in [5.41, 5.74) is 25.5. The molecule has 2 nitrogen and oxygen atoms in total. The van der Waals surface area contributed by atoms with E-state index >= 15 is 0 Å². The van der Waals surface area contributed by atoms with Gasteiger partial charge < -0.3 is 9.47 Å². The molecule has 0 aliphatic heterocycles. The molecule has 1 unspecified atom stereocenters. The van der Waals surface area contributed by atoms with Crippen molar-refractivity contribution in [2.24, 2.45) is 0 Å². The Hall–Kier alpha value is -9.76. The summed E-state index contributed by atoms with van der Waals surface area (Å²) >= 11 is 0. The van der Waals surface area contributed by atoms with Crippen molar-refractivity contribution in [3.05, 3.63) is 314 Å². The monoisotopic (exact) mass is 982 g/mol. The van der Waals surface area contributed by atoms with Gasteiger partial charge in [0.2, 0.25) is 0 Å². The Morgan fingerprint density at radius 3 is 1.43 bits per heavy atom. The molecule has 1 aliphatic rings. The second kappa shape index (κ2) is 19.8. The van der Waals surface area contributed by atoms with Crippen LogP contribution in [0, 0.1) is 0 Å². The lowest BCUT2D eigenvalue weighted by Gasteiger charge is -2.28. The van der Waals surface area contributed by atoms with Gasteiger partial charge in [-0.3, -0.25) is 0 Å². The summed E-state index contributed by atoms with van der Waals surface area (Å²) in [6.07, 6.45) is 2.11. The molecule has 1 aromatic heterocycles. The van der Waals surface area contributed by atoms with Crippen molar-refractivity contribution < 1.29 is 0 Å². The summed E-state index contributed by atoms with van der Waals surface area (Å²) in [7, 11) is 0. The summed E-state index contributed by atoms with van der Waals surface area (Å²) in [6.45, 7) is 0. The Balaban J connectivity index is 0.919. The van der Waals surface area contributed by atoms with Gasteiger partial charge in [-0.1, -0.05) is 224 Å². The van der Waals surface area contributed by atoms with Crippen molar-refractivity contribution in [2.45, 2.75) is 18.8 Å². The third-order valence-electron chi connectivity index (χ3n) is 15.9. The Kier molecular flexibility index (Phi) is 11.8. The van der Waals surface area contributed by atoms with Crippen molar-refractivity contribution in [3.63, 3.8) is 0 Å². The van der Waals surface area contributed by atoms with Crippen molar-refractivity contribution in [1.82, 2.24) is 4.57 Å². The number of aryl methyl sites for hydroxylation is 1. The number of anilines is 3. The van der Waals surface area contributed by atoms with Crippen LogP contribution in [0.5, 0.6) is 0 Å². The van der Waals surface area contributed by atoms with Crippen LogP contribution >= 0.6 is 0 Å². The fourth-order valence-electron chi connectivity index (χ4n) is 12.2. The summed E-state index contributed by atoms with van der Waals surface area (Å²) in [5, 5.41) is 2.47. The molecule has 0 fully saturated rings. The van der Waals surface area contributed by atoms with Crippen LogP contribution in [0.1, 0.15) is 29.0 Å². The fourth-order valence-corrected chi connectivity index (χ4v) is 12.2. The van der Waals surface area contributed by atoms with E-state index in [4.69, 9.17) is 0 Å². The van der Waals surface area contributed by atoms with Gasteiger partial charge in [-0.25, -0.2) is 0 Å². The zero-order valence-electron chi connectivity index (χ0n) is 42.7. The van der Waals surface area contributed by atoms with Crippen LogP contribution < -0.4 is 4.90 Å². The molecule has 2 heteroatoms. The van der Waals surface area contributed by atoms with Gasteiger partial charge >= 0.3 is 0 Å². The highest BCUT2D eigenvalue weighted by Gasteiger charge is 2.29. The lowest BCUT2D eigenvalue weighted by Crippen LogP contribution is -2.10. The van der Waals surface area contributed by atoms with Crippen LogP contribution in [0.4, 0.5) is 17.1 Å². The number of benzene rings is 12. The van der Waals surface area contributed by atoms with E-state index in [1.807, 2.05) is 0 Å². The molecule has 1 atom stereocenters. The van der Waals surface area contributed by atoms with E-state index in [1.54, 1.807) is 0 Å². The predicted octanol–water partition coefficient (Wildman–Crippen LogP) is 20.3. The largest absolute Gasteiger partial charge is 0.310 e. The molecular weight excluding hydrogens is 929 g/mol. The van der Waals surface area contributed by atoms with Crippen LogP contribution in [0.25, 0.3) is 94.3 Å². The van der Waals surface area contributed by atoms with Crippen molar-refractivity contribution >= 4 is 38.9 Å². The molecule has 0 amide bonds. The van der Waals surface area contributed by atoms with E-state index in [2.05, 4.69) is 307 Å². The van der Waals surface area contributed by atoms with Gasteiger partial charge in [0.1, 0.15) is 0 Å². The van der Waals surface area contributed by atoms with Crippen LogP contribution in [0.3, 0.4) is 0 Å². The number of nitrogens with zero attached hydrogens (tertiary/aromatic N) is 2. The molecule has 0 saturated heterocycles. The fraction of sp³-hybridized carbons (Fsp3) is 0.0400. The normalized spacial score (nSPS) is 12.6. The molecule has 14 rings (SSSR count). The highest BCUT2D eigenvalue weighted by molar-refractivity contribution is 6.11. The zero-order valence-corrected chi connectivity index (χ0v) is 42.7. The zero-order chi connectivity index (χ0) is 51.1. The van der Waals surface area contributed by atoms with Crippen molar-refractivity contribution in [1.29, 1.82) is 0 Å². The topological polar surface area (TPSA) is 8.17 Å². The average molecular weight is 983 g/mol. The van der Waals surface area contributed by atoms with Crippen LogP contribution in [0.15, 0.2) is 297 Å². The first-order valence-corrected chi connectivity index (χ1v) is 26.9. The van der Waals surface area contributed by atoms with E-state index < -0.39 is 0 Å². The predicted molar refractivity (Wildman–Crippen MR) is 325 cm³/mol. The van der Waals surface area contributed by atoms with Gasteiger partial charge in [0.05, 0.1) is 11.0 Å². The lowest BCUT2D eigenvalue weighted by molar-refractivity contribution is 0.729. The Bertz CT molecular complexity index is 4240. The second-order valence-corrected chi connectivity index (χ2v) is 20.3. The van der Waals surface area contributed by atoms with E-state index in [0.717, 1.165) is 41.2 Å². The molecule has 77 heavy (non-hydrogen) atoms. The maximum Gasteiger partial charge on any atom is 0.0541 e. The lowest BCUT2D eigenvalue weighted by atomic mass is 9.88. The van der Waals surface area contributed by atoms with E-state index in [-0.39, 0.29) is 0 Å². The van der Waals surface area contributed by atoms with Gasteiger partial charge in [-0.2, -0.15) is 0 Å². The van der Waals surface area contributed by atoms with Crippen LogP contribution in [0.2, 0.25) is 0 Å². The van der Waals surface area contributed by atoms with Gasteiger partial charge in [-0.05, 0) is 169 Å². The maximum absolute atomic E-state index is 2.46. The average Bonchev–Trinajstić information content (AvgIpc) is 4.11. The molecular formula is C75H54N2. The molecule has 12 aromatic carbocycles. The molecule has 364 valence electrons. The minimum atomic E-state index is 0.352. The Morgan fingerprint density at radius 2 is 0.766 bits per heavy atom. The minimum absolute atomic E-state index is 0.352. The molecule has 0 spiro atoms. The quantitative estimate of drug-likeness (QED) is 0.118. The number of aromatic nitrogens is 1.